The molecule has 2 aromatic rings. The molecule has 3 rings (SSSR count). The summed E-state index contributed by atoms with van der Waals surface area (Å²) in [4.78, 5) is 39.8. The number of halogens is 1. The molecule has 2 aromatic carbocycles. The lowest BCUT2D eigenvalue weighted by Crippen LogP contribution is -2.50. The number of hydrogen-bond acceptors (Lipinski definition) is 5. The van der Waals surface area contributed by atoms with Crippen LogP contribution in [0.2, 0.25) is 0 Å². The number of benzene rings is 2. The van der Waals surface area contributed by atoms with Gasteiger partial charge in [0, 0.05) is 37.3 Å². The van der Waals surface area contributed by atoms with E-state index in [4.69, 9.17) is 9.47 Å². The predicted octanol–water partition coefficient (Wildman–Crippen LogP) is 2.96. The van der Waals surface area contributed by atoms with Gasteiger partial charge in [0.2, 0.25) is 0 Å². The van der Waals surface area contributed by atoms with Crippen LogP contribution in [0.1, 0.15) is 27.6 Å². The van der Waals surface area contributed by atoms with E-state index in [1.807, 2.05) is 0 Å². The van der Waals surface area contributed by atoms with E-state index >= 15 is 0 Å². The normalized spacial score (nSPS) is 13.7. The highest BCUT2D eigenvalue weighted by Crippen LogP contribution is 2.16. The van der Waals surface area contributed by atoms with Crippen LogP contribution in [0.3, 0.4) is 0 Å². The summed E-state index contributed by atoms with van der Waals surface area (Å²) < 4.78 is 22.7. The highest BCUT2D eigenvalue weighted by molar-refractivity contribution is 5.96. The summed E-state index contributed by atoms with van der Waals surface area (Å²) >= 11 is 0. The first-order valence-corrected chi connectivity index (χ1v) is 9.26. The Morgan fingerprint density at radius 2 is 1.28 bits per heavy atom. The molecule has 1 heterocycles. The van der Waals surface area contributed by atoms with Gasteiger partial charge in [-0.05, 0) is 55.5 Å². The summed E-state index contributed by atoms with van der Waals surface area (Å²) in [6.07, 6.45) is -0.798. The second-order valence-corrected chi connectivity index (χ2v) is 6.40. The highest BCUT2D eigenvalue weighted by atomic mass is 19.1. The summed E-state index contributed by atoms with van der Waals surface area (Å²) in [5.74, 6) is -0.454. The van der Waals surface area contributed by atoms with Gasteiger partial charge in [-0.1, -0.05) is 0 Å². The molecule has 1 aliphatic rings. The van der Waals surface area contributed by atoms with Crippen molar-refractivity contribution in [2.24, 2.45) is 0 Å². The number of ether oxygens (including phenoxy) is 2. The van der Waals surface area contributed by atoms with Crippen LogP contribution in [0.5, 0.6) is 5.75 Å². The summed E-state index contributed by atoms with van der Waals surface area (Å²) in [7, 11) is 0. The van der Waals surface area contributed by atoms with Crippen molar-refractivity contribution in [1.29, 1.82) is 0 Å². The van der Waals surface area contributed by atoms with Gasteiger partial charge in [-0.15, -0.1) is 0 Å². The lowest BCUT2D eigenvalue weighted by Gasteiger charge is -2.34. The largest absolute Gasteiger partial charge is 0.513 e. The summed E-state index contributed by atoms with van der Waals surface area (Å²) in [6, 6.07) is 11.6. The van der Waals surface area contributed by atoms with Gasteiger partial charge in [0.25, 0.3) is 11.8 Å². The van der Waals surface area contributed by atoms with E-state index in [1.165, 1.54) is 36.4 Å². The SMILES string of the molecule is CCOC(=O)Oc1ccc(C(=O)N2CCN(C(=O)c3ccc(F)cc3)CC2)cc1. The van der Waals surface area contributed by atoms with Crippen LogP contribution in [-0.4, -0.2) is 60.6 Å². The van der Waals surface area contributed by atoms with Crippen LogP contribution >= 0.6 is 0 Å². The molecule has 1 saturated heterocycles. The van der Waals surface area contributed by atoms with Crippen molar-refractivity contribution in [1.82, 2.24) is 9.80 Å². The maximum absolute atomic E-state index is 13.0. The molecule has 7 nitrogen and oxygen atoms in total. The Morgan fingerprint density at radius 3 is 1.72 bits per heavy atom. The van der Waals surface area contributed by atoms with Crippen molar-refractivity contribution >= 4 is 18.0 Å². The fraction of sp³-hybridized carbons (Fsp3) is 0.286. The fourth-order valence-electron chi connectivity index (χ4n) is 2.98. The van der Waals surface area contributed by atoms with Gasteiger partial charge >= 0.3 is 6.16 Å². The third-order valence-electron chi connectivity index (χ3n) is 4.51. The molecule has 0 atom stereocenters. The van der Waals surface area contributed by atoms with Crippen LogP contribution in [0.15, 0.2) is 48.5 Å². The molecule has 0 N–H and O–H groups in total. The molecule has 2 amide bonds. The number of rotatable bonds is 4. The molecular weight excluding hydrogens is 379 g/mol. The van der Waals surface area contributed by atoms with Crippen LogP contribution in [0.25, 0.3) is 0 Å². The zero-order valence-corrected chi connectivity index (χ0v) is 16.0. The zero-order chi connectivity index (χ0) is 20.8. The van der Waals surface area contributed by atoms with Crippen molar-refractivity contribution in [2.45, 2.75) is 6.92 Å². The van der Waals surface area contributed by atoms with E-state index in [9.17, 15) is 18.8 Å². The molecule has 8 heteroatoms. The van der Waals surface area contributed by atoms with E-state index in [-0.39, 0.29) is 24.2 Å². The van der Waals surface area contributed by atoms with Crippen LogP contribution < -0.4 is 4.74 Å². The minimum Gasteiger partial charge on any atom is -0.434 e. The van der Waals surface area contributed by atoms with Crippen molar-refractivity contribution in [3.8, 4) is 5.75 Å². The highest BCUT2D eigenvalue weighted by Gasteiger charge is 2.25. The third kappa shape index (κ3) is 5.10. The van der Waals surface area contributed by atoms with Gasteiger partial charge in [0.15, 0.2) is 0 Å². The summed E-state index contributed by atoms with van der Waals surface area (Å²) in [5, 5.41) is 0. The van der Waals surface area contributed by atoms with Crippen molar-refractivity contribution in [3.05, 3.63) is 65.5 Å². The number of piperazine rings is 1. The molecule has 0 aromatic heterocycles. The van der Waals surface area contributed by atoms with Crippen LogP contribution in [0, 0.1) is 5.82 Å². The smallest absolute Gasteiger partial charge is 0.434 e. The minimum atomic E-state index is -0.798. The quantitative estimate of drug-likeness (QED) is 0.583. The number of hydrogen-bond donors (Lipinski definition) is 0. The first-order chi connectivity index (χ1) is 14.0. The lowest BCUT2D eigenvalue weighted by molar-refractivity contribution is 0.0535. The van der Waals surface area contributed by atoms with E-state index in [1.54, 1.807) is 28.9 Å². The maximum atomic E-state index is 13.0. The Morgan fingerprint density at radius 1 is 0.828 bits per heavy atom. The fourth-order valence-corrected chi connectivity index (χ4v) is 2.98. The van der Waals surface area contributed by atoms with Crippen molar-refractivity contribution in [3.63, 3.8) is 0 Å². The maximum Gasteiger partial charge on any atom is 0.513 e. The molecule has 152 valence electrons. The van der Waals surface area contributed by atoms with Gasteiger partial charge in [-0.25, -0.2) is 9.18 Å². The molecule has 0 radical (unpaired) electrons. The predicted molar refractivity (Wildman–Crippen MR) is 102 cm³/mol. The monoisotopic (exact) mass is 400 g/mol. The van der Waals surface area contributed by atoms with Gasteiger partial charge in [-0.3, -0.25) is 9.59 Å². The minimum absolute atomic E-state index is 0.165. The molecule has 0 aliphatic carbocycles. The lowest BCUT2D eigenvalue weighted by atomic mass is 10.1. The molecule has 0 saturated carbocycles. The second kappa shape index (κ2) is 9.18. The number of carbonyl (C=O) groups excluding carboxylic acids is 3. The molecule has 0 spiro atoms. The Bertz CT molecular complexity index is 875. The Balaban J connectivity index is 1.55. The summed E-state index contributed by atoms with van der Waals surface area (Å²) in [5.41, 5.74) is 0.878. The Hall–Kier alpha value is -3.42. The Kier molecular flexibility index (Phi) is 6.43. The van der Waals surface area contributed by atoms with Gasteiger partial charge in [0.1, 0.15) is 11.6 Å². The van der Waals surface area contributed by atoms with Crippen molar-refractivity contribution < 1.29 is 28.2 Å². The zero-order valence-electron chi connectivity index (χ0n) is 16.0. The second-order valence-electron chi connectivity index (χ2n) is 6.40. The van der Waals surface area contributed by atoms with Crippen LogP contribution in [0.4, 0.5) is 9.18 Å². The molecule has 1 aliphatic heterocycles. The first-order valence-electron chi connectivity index (χ1n) is 9.26. The molecule has 29 heavy (non-hydrogen) atoms. The number of amides is 2. The Labute approximate surface area is 167 Å². The van der Waals surface area contributed by atoms with Gasteiger partial charge < -0.3 is 19.3 Å². The van der Waals surface area contributed by atoms with E-state index in [0.29, 0.717) is 37.3 Å². The van der Waals surface area contributed by atoms with Gasteiger partial charge in [0.05, 0.1) is 6.61 Å². The van der Waals surface area contributed by atoms with E-state index in [2.05, 4.69) is 0 Å². The standard InChI is InChI=1S/C21H21FN2O5/c1-2-28-21(27)29-18-9-5-16(6-10-18)20(26)24-13-11-23(12-14-24)19(25)15-3-7-17(22)8-4-15/h3-10H,2,11-14H2,1H3. The topological polar surface area (TPSA) is 76.2 Å². The van der Waals surface area contributed by atoms with Crippen molar-refractivity contribution in [2.75, 3.05) is 32.8 Å². The number of carbonyl (C=O) groups is 3. The first kappa shape index (κ1) is 20.3. The molecule has 1 fully saturated rings. The number of nitrogens with zero attached hydrogens (tertiary/aromatic N) is 2. The molecular formula is C21H21FN2O5. The molecule has 0 bridgehead atoms. The third-order valence-corrected chi connectivity index (χ3v) is 4.51. The summed E-state index contributed by atoms with van der Waals surface area (Å²) in [6.45, 7) is 3.47. The molecule has 0 unspecified atom stereocenters. The van der Waals surface area contributed by atoms with Gasteiger partial charge in [-0.2, -0.15) is 0 Å². The average molecular weight is 400 g/mol. The van der Waals surface area contributed by atoms with E-state index in [0.717, 1.165) is 0 Å². The average Bonchev–Trinajstić information content (AvgIpc) is 2.74. The van der Waals surface area contributed by atoms with Crippen LogP contribution in [-0.2, 0) is 4.74 Å². The van der Waals surface area contributed by atoms with E-state index < -0.39 is 12.0 Å².